The first kappa shape index (κ1) is 19.9. The van der Waals surface area contributed by atoms with Crippen LogP contribution in [0, 0.1) is 5.92 Å². The molecule has 3 N–H and O–H groups in total. The molecule has 1 aromatic carbocycles. The van der Waals surface area contributed by atoms with Gasteiger partial charge in [-0.3, -0.25) is 19.3 Å². The van der Waals surface area contributed by atoms with E-state index in [1.807, 2.05) is 19.9 Å². The molecule has 0 unspecified atom stereocenters. The van der Waals surface area contributed by atoms with Crippen molar-refractivity contribution >= 4 is 29.4 Å². The summed E-state index contributed by atoms with van der Waals surface area (Å²) >= 11 is 0. The highest BCUT2D eigenvalue weighted by atomic mass is 16.2. The molecular weight excluding hydrogens is 360 g/mol. The van der Waals surface area contributed by atoms with Crippen LogP contribution in [0.5, 0.6) is 0 Å². The Kier molecular flexibility index (Phi) is 5.67. The topological polar surface area (TPSA) is 108 Å². The Morgan fingerprint density at radius 1 is 1.21 bits per heavy atom. The highest BCUT2D eigenvalue weighted by Gasteiger charge is 2.52. The van der Waals surface area contributed by atoms with E-state index in [2.05, 4.69) is 16.0 Å². The predicted molar refractivity (Wildman–Crippen MR) is 103 cm³/mol. The average molecular weight is 386 g/mol. The Labute approximate surface area is 164 Å². The number of anilines is 1. The quantitative estimate of drug-likeness (QED) is 0.648. The van der Waals surface area contributed by atoms with E-state index in [0.717, 1.165) is 23.3 Å². The second-order valence-electron chi connectivity index (χ2n) is 7.73. The Balaban J connectivity index is 1.54. The summed E-state index contributed by atoms with van der Waals surface area (Å²) in [4.78, 5) is 49.8. The average Bonchev–Trinajstić information content (AvgIpc) is 3.21. The van der Waals surface area contributed by atoms with Crippen LogP contribution in [0.4, 0.5) is 10.5 Å². The van der Waals surface area contributed by atoms with Crippen LogP contribution < -0.4 is 16.0 Å². The van der Waals surface area contributed by atoms with Crippen molar-refractivity contribution in [1.82, 2.24) is 15.5 Å². The fraction of sp³-hybridized carbons (Fsp3) is 0.500. The highest BCUT2D eigenvalue weighted by molar-refractivity contribution is 6.09. The van der Waals surface area contributed by atoms with Gasteiger partial charge in [-0.05, 0) is 30.5 Å². The fourth-order valence-electron chi connectivity index (χ4n) is 3.58. The van der Waals surface area contributed by atoms with Crippen molar-refractivity contribution in [1.29, 1.82) is 0 Å². The molecule has 150 valence electrons. The number of nitrogens with zero attached hydrogens (tertiary/aromatic N) is 1. The third kappa shape index (κ3) is 4.16. The number of rotatable bonds is 6. The van der Waals surface area contributed by atoms with Crippen molar-refractivity contribution in [3.63, 3.8) is 0 Å². The number of imide groups is 1. The summed E-state index contributed by atoms with van der Waals surface area (Å²) in [6.07, 6.45) is 3.06. The lowest BCUT2D eigenvalue weighted by atomic mass is 9.98. The van der Waals surface area contributed by atoms with E-state index in [-0.39, 0.29) is 30.8 Å². The molecule has 1 aliphatic carbocycles. The second-order valence-corrected chi connectivity index (χ2v) is 7.73. The number of hydrogen-bond donors (Lipinski definition) is 3. The summed E-state index contributed by atoms with van der Waals surface area (Å²) < 4.78 is 0. The first-order valence-electron chi connectivity index (χ1n) is 9.61. The minimum absolute atomic E-state index is 0.0828. The van der Waals surface area contributed by atoms with Gasteiger partial charge in [0.05, 0.1) is 0 Å². The van der Waals surface area contributed by atoms with Gasteiger partial charge in [-0.15, -0.1) is 0 Å². The Hall–Kier alpha value is -2.90. The van der Waals surface area contributed by atoms with Gasteiger partial charge in [0.25, 0.3) is 5.91 Å². The van der Waals surface area contributed by atoms with E-state index in [9.17, 15) is 19.2 Å². The maximum atomic E-state index is 12.6. The number of carbonyl (C=O) groups is 4. The molecule has 8 nitrogen and oxygen atoms in total. The molecule has 0 aromatic heterocycles. The van der Waals surface area contributed by atoms with E-state index in [0.29, 0.717) is 18.5 Å². The predicted octanol–water partition coefficient (Wildman–Crippen LogP) is 1.76. The normalized spacial score (nSPS) is 17.9. The fourth-order valence-corrected chi connectivity index (χ4v) is 3.58. The van der Waals surface area contributed by atoms with Crippen LogP contribution in [0.15, 0.2) is 24.3 Å². The monoisotopic (exact) mass is 386 g/mol. The lowest BCUT2D eigenvalue weighted by molar-refractivity contribution is -0.134. The van der Waals surface area contributed by atoms with Gasteiger partial charge in [-0.1, -0.05) is 38.8 Å². The number of benzene rings is 1. The summed E-state index contributed by atoms with van der Waals surface area (Å²) in [5, 5.41) is 8.29. The van der Waals surface area contributed by atoms with Gasteiger partial charge in [0, 0.05) is 18.2 Å². The van der Waals surface area contributed by atoms with E-state index >= 15 is 0 Å². The molecule has 28 heavy (non-hydrogen) atoms. The number of amides is 5. The number of hydrogen-bond acceptors (Lipinski definition) is 4. The Bertz CT molecular complexity index is 799. The maximum Gasteiger partial charge on any atom is 0.325 e. The number of urea groups is 1. The molecule has 1 heterocycles. The van der Waals surface area contributed by atoms with Gasteiger partial charge in [-0.25, -0.2) is 4.79 Å². The van der Waals surface area contributed by atoms with Gasteiger partial charge in [-0.2, -0.15) is 0 Å². The molecule has 1 saturated carbocycles. The molecule has 3 rings (SSSR count). The first-order valence-corrected chi connectivity index (χ1v) is 9.61. The molecule has 5 amide bonds. The van der Waals surface area contributed by atoms with Crippen LogP contribution in [0.1, 0.15) is 45.1 Å². The van der Waals surface area contributed by atoms with Crippen LogP contribution in [0.25, 0.3) is 0 Å². The highest BCUT2D eigenvalue weighted by Crippen LogP contribution is 2.34. The molecular formula is C20H26N4O4. The van der Waals surface area contributed by atoms with Gasteiger partial charge in [0.15, 0.2) is 0 Å². The molecule has 2 aliphatic rings. The smallest absolute Gasteiger partial charge is 0.325 e. The number of nitrogens with one attached hydrogen (secondary N) is 3. The Morgan fingerprint density at radius 2 is 1.93 bits per heavy atom. The van der Waals surface area contributed by atoms with E-state index < -0.39 is 17.5 Å². The molecule has 2 fully saturated rings. The van der Waals surface area contributed by atoms with Crippen LogP contribution in [0.3, 0.4) is 0 Å². The minimum Gasteiger partial charge on any atom is -0.350 e. The van der Waals surface area contributed by atoms with Crippen molar-refractivity contribution in [2.75, 3.05) is 11.9 Å². The third-order valence-electron chi connectivity index (χ3n) is 5.21. The molecule has 8 heteroatoms. The molecule has 1 spiro atoms. The van der Waals surface area contributed by atoms with Crippen molar-refractivity contribution in [2.24, 2.45) is 5.92 Å². The van der Waals surface area contributed by atoms with Gasteiger partial charge in [0.2, 0.25) is 11.8 Å². The van der Waals surface area contributed by atoms with E-state index in [1.54, 1.807) is 18.2 Å². The summed E-state index contributed by atoms with van der Waals surface area (Å²) in [5.74, 6) is -0.921. The summed E-state index contributed by atoms with van der Waals surface area (Å²) in [6.45, 7) is 3.56. The molecule has 0 atom stereocenters. The van der Waals surface area contributed by atoms with Crippen molar-refractivity contribution < 1.29 is 19.2 Å². The zero-order chi connectivity index (χ0) is 20.3. The largest absolute Gasteiger partial charge is 0.350 e. The SMILES string of the molecule is CC(C)C(=O)Nc1cccc(CNC(=O)CN2C(=O)NC3(CCCC3)C2=O)c1. The molecule has 0 radical (unpaired) electrons. The standard InChI is InChI=1S/C20H26N4O4/c1-13(2)17(26)22-15-7-5-6-14(10-15)11-21-16(25)12-24-18(27)20(23-19(24)28)8-3-4-9-20/h5-7,10,13H,3-4,8-9,11-12H2,1-2H3,(H,21,25)(H,22,26)(H,23,28). The lowest BCUT2D eigenvalue weighted by Crippen LogP contribution is -2.45. The van der Waals surface area contributed by atoms with Crippen LogP contribution >= 0.6 is 0 Å². The zero-order valence-electron chi connectivity index (χ0n) is 16.2. The van der Waals surface area contributed by atoms with Crippen LogP contribution in [-0.4, -0.2) is 40.7 Å². The van der Waals surface area contributed by atoms with Crippen LogP contribution in [-0.2, 0) is 20.9 Å². The molecule has 1 saturated heterocycles. The zero-order valence-corrected chi connectivity index (χ0v) is 16.2. The third-order valence-corrected chi connectivity index (χ3v) is 5.21. The summed E-state index contributed by atoms with van der Waals surface area (Å²) in [5.41, 5.74) is 0.655. The second kappa shape index (κ2) is 8.00. The summed E-state index contributed by atoms with van der Waals surface area (Å²) in [6, 6.07) is 6.67. The first-order chi connectivity index (χ1) is 13.3. The lowest BCUT2D eigenvalue weighted by Gasteiger charge is -2.19. The van der Waals surface area contributed by atoms with Crippen molar-refractivity contribution in [3.05, 3.63) is 29.8 Å². The summed E-state index contributed by atoms with van der Waals surface area (Å²) in [7, 11) is 0. The van der Waals surface area contributed by atoms with Gasteiger partial charge in [0.1, 0.15) is 12.1 Å². The Morgan fingerprint density at radius 3 is 2.61 bits per heavy atom. The van der Waals surface area contributed by atoms with E-state index in [4.69, 9.17) is 0 Å². The molecule has 0 bridgehead atoms. The van der Waals surface area contributed by atoms with Gasteiger partial charge >= 0.3 is 6.03 Å². The van der Waals surface area contributed by atoms with Crippen molar-refractivity contribution in [2.45, 2.75) is 51.6 Å². The van der Waals surface area contributed by atoms with Gasteiger partial charge < -0.3 is 16.0 Å². The number of carbonyl (C=O) groups excluding carboxylic acids is 4. The van der Waals surface area contributed by atoms with E-state index in [1.165, 1.54) is 0 Å². The molecule has 1 aromatic rings. The van der Waals surface area contributed by atoms with Crippen LogP contribution in [0.2, 0.25) is 0 Å². The maximum absolute atomic E-state index is 12.6. The molecule has 1 aliphatic heterocycles. The van der Waals surface area contributed by atoms with Crippen molar-refractivity contribution in [3.8, 4) is 0 Å². The minimum atomic E-state index is -0.805.